The fraction of sp³-hybridized carbons (Fsp3) is 1.00. The lowest BCUT2D eigenvalue weighted by atomic mass is 9.45. The average Bonchev–Trinajstić information content (AvgIpc) is 3.07. The minimum atomic E-state index is 0.773. The second-order valence-corrected chi connectivity index (χ2v) is 7.80. The van der Waals surface area contributed by atoms with Crippen molar-refractivity contribution in [2.75, 3.05) is 6.54 Å². The van der Waals surface area contributed by atoms with Crippen molar-refractivity contribution < 1.29 is 0 Å². The number of hydrogen-bond acceptors (Lipinski definition) is 1. The molecule has 1 unspecified atom stereocenters. The van der Waals surface area contributed by atoms with Crippen molar-refractivity contribution in [3.63, 3.8) is 0 Å². The third kappa shape index (κ3) is 1.69. The van der Waals surface area contributed by atoms with Crippen LogP contribution in [0.5, 0.6) is 0 Å². The highest BCUT2D eigenvalue weighted by Gasteiger charge is 2.56. The van der Waals surface area contributed by atoms with Crippen molar-refractivity contribution in [2.45, 2.75) is 57.8 Å². The van der Waals surface area contributed by atoms with E-state index >= 15 is 0 Å². The van der Waals surface area contributed by atoms with Crippen LogP contribution in [0.1, 0.15) is 57.8 Å². The van der Waals surface area contributed by atoms with Crippen LogP contribution in [-0.4, -0.2) is 6.54 Å². The Labute approximate surface area is 106 Å². The van der Waals surface area contributed by atoms with Crippen LogP contribution < -0.4 is 5.73 Å². The number of nitrogens with two attached hydrogens (primary N) is 1. The van der Waals surface area contributed by atoms with E-state index in [9.17, 15) is 0 Å². The van der Waals surface area contributed by atoms with Gasteiger partial charge in [0.1, 0.15) is 0 Å². The van der Waals surface area contributed by atoms with E-state index in [4.69, 9.17) is 5.73 Å². The van der Waals surface area contributed by atoms with Crippen molar-refractivity contribution in [3.8, 4) is 0 Å². The molecule has 0 aromatic rings. The maximum Gasteiger partial charge on any atom is -0.00743 e. The number of rotatable bonds is 4. The summed E-state index contributed by atoms with van der Waals surface area (Å²) in [7, 11) is 0. The van der Waals surface area contributed by atoms with Gasteiger partial charge in [-0.05, 0) is 99.3 Å². The van der Waals surface area contributed by atoms with Gasteiger partial charge in [-0.1, -0.05) is 0 Å². The summed E-state index contributed by atoms with van der Waals surface area (Å²) in [5.41, 5.74) is 6.69. The Kier molecular flexibility index (Phi) is 2.38. The molecule has 1 atom stereocenters. The van der Waals surface area contributed by atoms with E-state index in [1.807, 2.05) is 0 Å². The maximum atomic E-state index is 5.91. The normalized spacial score (nSPS) is 49.6. The van der Waals surface area contributed by atoms with Crippen LogP contribution >= 0.6 is 0 Å². The van der Waals surface area contributed by atoms with E-state index in [2.05, 4.69) is 0 Å². The zero-order valence-corrected chi connectivity index (χ0v) is 11.0. The van der Waals surface area contributed by atoms with Gasteiger partial charge < -0.3 is 5.73 Å². The molecule has 0 spiro atoms. The molecule has 1 nitrogen and oxygen atoms in total. The summed E-state index contributed by atoms with van der Waals surface area (Å²) in [5.74, 6) is 5.43. The van der Waals surface area contributed by atoms with E-state index in [0.717, 1.165) is 41.5 Å². The van der Waals surface area contributed by atoms with Crippen molar-refractivity contribution in [2.24, 2.45) is 40.7 Å². The first kappa shape index (κ1) is 10.8. The molecule has 0 amide bonds. The Morgan fingerprint density at radius 1 is 0.941 bits per heavy atom. The largest absolute Gasteiger partial charge is 0.330 e. The van der Waals surface area contributed by atoms with Gasteiger partial charge in [0.15, 0.2) is 0 Å². The first-order valence-corrected chi connectivity index (χ1v) is 7.99. The molecule has 4 bridgehead atoms. The van der Waals surface area contributed by atoms with Crippen LogP contribution in [0.3, 0.4) is 0 Å². The molecule has 0 saturated heterocycles. The molecule has 5 fully saturated rings. The third-order valence-corrected chi connectivity index (χ3v) is 6.54. The smallest absolute Gasteiger partial charge is 0.00743 e. The lowest BCUT2D eigenvalue weighted by molar-refractivity contribution is -0.0939. The van der Waals surface area contributed by atoms with E-state index < -0.39 is 0 Å². The molecule has 5 rings (SSSR count). The molecule has 0 aliphatic heterocycles. The Balaban J connectivity index is 1.61. The topological polar surface area (TPSA) is 26.0 Å². The van der Waals surface area contributed by atoms with Crippen LogP contribution in [0.4, 0.5) is 0 Å². The summed E-state index contributed by atoms with van der Waals surface area (Å²) in [4.78, 5) is 0. The summed E-state index contributed by atoms with van der Waals surface area (Å²) >= 11 is 0. The Morgan fingerprint density at radius 2 is 1.47 bits per heavy atom. The second kappa shape index (κ2) is 3.73. The van der Waals surface area contributed by atoms with Gasteiger partial charge in [-0.2, -0.15) is 0 Å². The summed E-state index contributed by atoms with van der Waals surface area (Å²) in [6, 6.07) is 0. The van der Waals surface area contributed by atoms with Gasteiger partial charge in [-0.15, -0.1) is 0 Å². The predicted molar refractivity (Wildman–Crippen MR) is 70.5 cm³/mol. The van der Waals surface area contributed by atoms with Crippen molar-refractivity contribution in [1.82, 2.24) is 0 Å². The SMILES string of the molecule is NCCC(C1CC1)C12CC3CC(CC(C3)C1)C2. The molecule has 1 heteroatoms. The van der Waals surface area contributed by atoms with Crippen LogP contribution in [0, 0.1) is 35.0 Å². The molecular formula is C16H27N. The fourth-order valence-corrected chi connectivity index (χ4v) is 6.35. The zero-order chi connectivity index (χ0) is 11.5. The highest BCUT2D eigenvalue weighted by Crippen LogP contribution is 2.66. The van der Waals surface area contributed by atoms with Crippen molar-refractivity contribution in [1.29, 1.82) is 0 Å². The highest BCUT2D eigenvalue weighted by atomic mass is 14.6. The summed E-state index contributed by atoms with van der Waals surface area (Å²) in [5, 5.41) is 0. The van der Waals surface area contributed by atoms with Crippen LogP contribution in [0.2, 0.25) is 0 Å². The molecule has 2 N–H and O–H groups in total. The van der Waals surface area contributed by atoms with Crippen molar-refractivity contribution in [3.05, 3.63) is 0 Å². The molecule has 5 aliphatic carbocycles. The van der Waals surface area contributed by atoms with Gasteiger partial charge in [0.2, 0.25) is 0 Å². The van der Waals surface area contributed by atoms with Gasteiger partial charge in [-0.3, -0.25) is 0 Å². The van der Waals surface area contributed by atoms with Crippen molar-refractivity contribution >= 4 is 0 Å². The maximum absolute atomic E-state index is 5.91. The molecule has 5 saturated carbocycles. The Hall–Kier alpha value is -0.0400. The molecule has 17 heavy (non-hydrogen) atoms. The molecule has 0 heterocycles. The zero-order valence-electron chi connectivity index (χ0n) is 11.0. The summed E-state index contributed by atoms with van der Waals surface area (Å²) < 4.78 is 0. The monoisotopic (exact) mass is 233 g/mol. The average molecular weight is 233 g/mol. The van der Waals surface area contributed by atoms with Gasteiger partial charge in [0, 0.05) is 0 Å². The minimum absolute atomic E-state index is 0.773. The molecule has 0 aromatic carbocycles. The Bertz CT molecular complexity index is 269. The van der Waals surface area contributed by atoms with E-state index in [1.165, 1.54) is 19.3 Å². The highest BCUT2D eigenvalue weighted by molar-refractivity contribution is 5.06. The first-order chi connectivity index (χ1) is 8.29. The predicted octanol–water partition coefficient (Wildman–Crippen LogP) is 3.58. The van der Waals surface area contributed by atoms with E-state index in [-0.39, 0.29) is 0 Å². The quantitative estimate of drug-likeness (QED) is 0.789. The molecule has 0 aromatic heterocycles. The standard InChI is InChI=1S/C16H27N/c17-4-3-15(14-1-2-14)16-8-11-5-12(9-16)7-13(6-11)10-16/h11-15H,1-10,17H2. The molecule has 5 aliphatic rings. The first-order valence-electron chi connectivity index (χ1n) is 7.99. The summed E-state index contributed by atoms with van der Waals surface area (Å²) in [6.45, 7) is 0.933. The fourth-order valence-electron chi connectivity index (χ4n) is 6.35. The number of hydrogen-bond donors (Lipinski definition) is 1. The van der Waals surface area contributed by atoms with Crippen LogP contribution in [0.15, 0.2) is 0 Å². The second-order valence-electron chi connectivity index (χ2n) is 7.80. The van der Waals surface area contributed by atoms with Gasteiger partial charge in [-0.25, -0.2) is 0 Å². The van der Waals surface area contributed by atoms with Gasteiger partial charge in [0.05, 0.1) is 0 Å². The summed E-state index contributed by atoms with van der Waals surface area (Å²) in [6.07, 6.45) is 13.9. The van der Waals surface area contributed by atoms with Gasteiger partial charge in [0.25, 0.3) is 0 Å². The lowest BCUT2D eigenvalue weighted by Crippen LogP contribution is -2.50. The van der Waals surface area contributed by atoms with Gasteiger partial charge >= 0.3 is 0 Å². The van der Waals surface area contributed by atoms with E-state index in [1.54, 1.807) is 38.5 Å². The molecule has 96 valence electrons. The lowest BCUT2D eigenvalue weighted by Gasteiger charge is -2.60. The van der Waals surface area contributed by atoms with Crippen LogP contribution in [-0.2, 0) is 0 Å². The Morgan fingerprint density at radius 3 is 1.88 bits per heavy atom. The third-order valence-electron chi connectivity index (χ3n) is 6.54. The van der Waals surface area contributed by atoms with E-state index in [0.29, 0.717) is 0 Å². The van der Waals surface area contributed by atoms with Crippen LogP contribution in [0.25, 0.3) is 0 Å². The minimum Gasteiger partial charge on any atom is -0.330 e. The molecular weight excluding hydrogens is 206 g/mol. The molecule has 0 radical (unpaired) electrons.